The Morgan fingerprint density at radius 2 is 2.00 bits per heavy atom. The highest BCUT2D eigenvalue weighted by atomic mass is 16.5. The second-order valence-electron chi connectivity index (χ2n) is 4.75. The van der Waals surface area contributed by atoms with Gasteiger partial charge in [0.25, 0.3) is 0 Å². The Morgan fingerprint density at radius 1 is 1.29 bits per heavy atom. The number of benzene rings is 1. The van der Waals surface area contributed by atoms with Gasteiger partial charge in [-0.15, -0.1) is 0 Å². The van der Waals surface area contributed by atoms with E-state index in [-0.39, 0.29) is 6.10 Å². The van der Waals surface area contributed by atoms with Gasteiger partial charge in [0.05, 0.1) is 6.10 Å². The van der Waals surface area contributed by atoms with Crippen LogP contribution in [0.25, 0.3) is 0 Å². The molecule has 1 aromatic rings. The molecular weight excluding hydrogens is 210 g/mol. The summed E-state index contributed by atoms with van der Waals surface area (Å²) in [6.07, 6.45) is 1.29. The van der Waals surface area contributed by atoms with E-state index in [2.05, 4.69) is 51.2 Å². The van der Waals surface area contributed by atoms with Crippen LogP contribution in [-0.4, -0.2) is 19.8 Å². The van der Waals surface area contributed by atoms with Gasteiger partial charge in [-0.05, 0) is 44.9 Å². The van der Waals surface area contributed by atoms with E-state index in [0.717, 1.165) is 13.0 Å². The quantitative estimate of drug-likeness (QED) is 0.816. The first-order chi connectivity index (χ1) is 8.08. The van der Waals surface area contributed by atoms with Crippen molar-refractivity contribution in [3.05, 3.63) is 34.9 Å². The van der Waals surface area contributed by atoms with Gasteiger partial charge < -0.3 is 10.1 Å². The molecule has 2 nitrogen and oxygen atoms in total. The standard InChI is InChI=1S/C15H25NO/c1-6-16-15(10-13(4)17-5)14-8-7-11(2)9-12(14)3/h7-9,13,15-16H,6,10H2,1-5H3. The minimum Gasteiger partial charge on any atom is -0.382 e. The fourth-order valence-corrected chi connectivity index (χ4v) is 2.21. The van der Waals surface area contributed by atoms with Gasteiger partial charge in [-0.3, -0.25) is 0 Å². The molecule has 0 saturated carbocycles. The van der Waals surface area contributed by atoms with E-state index < -0.39 is 0 Å². The molecule has 0 amide bonds. The number of hydrogen-bond acceptors (Lipinski definition) is 2. The molecule has 0 aromatic heterocycles. The summed E-state index contributed by atoms with van der Waals surface area (Å²) in [4.78, 5) is 0. The highest BCUT2D eigenvalue weighted by molar-refractivity contribution is 5.32. The molecule has 0 saturated heterocycles. The largest absolute Gasteiger partial charge is 0.382 e. The lowest BCUT2D eigenvalue weighted by molar-refractivity contribution is 0.100. The predicted octanol–water partition coefficient (Wildman–Crippen LogP) is 3.38. The van der Waals surface area contributed by atoms with Crippen molar-refractivity contribution in [1.29, 1.82) is 0 Å². The van der Waals surface area contributed by atoms with Crippen LogP contribution in [0.15, 0.2) is 18.2 Å². The van der Waals surface area contributed by atoms with E-state index in [1.165, 1.54) is 16.7 Å². The van der Waals surface area contributed by atoms with Gasteiger partial charge in [-0.25, -0.2) is 0 Å². The lowest BCUT2D eigenvalue weighted by atomic mass is 9.95. The molecule has 96 valence electrons. The van der Waals surface area contributed by atoms with Crippen molar-refractivity contribution in [2.45, 2.75) is 46.3 Å². The molecule has 17 heavy (non-hydrogen) atoms. The monoisotopic (exact) mass is 235 g/mol. The zero-order valence-electron chi connectivity index (χ0n) is 11.7. The first-order valence-electron chi connectivity index (χ1n) is 6.41. The summed E-state index contributed by atoms with van der Waals surface area (Å²) in [5, 5.41) is 3.54. The zero-order valence-corrected chi connectivity index (χ0v) is 11.7. The smallest absolute Gasteiger partial charge is 0.0561 e. The van der Waals surface area contributed by atoms with E-state index in [0.29, 0.717) is 6.04 Å². The summed E-state index contributed by atoms with van der Waals surface area (Å²) in [7, 11) is 1.77. The van der Waals surface area contributed by atoms with Crippen LogP contribution in [0.1, 0.15) is 43.0 Å². The van der Waals surface area contributed by atoms with Crippen LogP contribution in [-0.2, 0) is 4.74 Å². The maximum atomic E-state index is 5.37. The van der Waals surface area contributed by atoms with Crippen molar-refractivity contribution in [3.63, 3.8) is 0 Å². The molecule has 2 unspecified atom stereocenters. The van der Waals surface area contributed by atoms with Crippen LogP contribution in [0.2, 0.25) is 0 Å². The van der Waals surface area contributed by atoms with Gasteiger partial charge in [-0.1, -0.05) is 30.7 Å². The molecule has 0 aliphatic carbocycles. The van der Waals surface area contributed by atoms with Crippen LogP contribution in [0.4, 0.5) is 0 Å². The Balaban J connectivity index is 2.88. The SMILES string of the molecule is CCNC(CC(C)OC)c1ccc(C)cc1C. The third kappa shape index (κ3) is 4.14. The second kappa shape index (κ2) is 6.77. The normalized spacial score (nSPS) is 14.6. The van der Waals surface area contributed by atoms with Gasteiger partial charge in [0.1, 0.15) is 0 Å². The van der Waals surface area contributed by atoms with Crippen molar-refractivity contribution >= 4 is 0 Å². The molecule has 0 aliphatic heterocycles. The Morgan fingerprint density at radius 3 is 2.53 bits per heavy atom. The fourth-order valence-electron chi connectivity index (χ4n) is 2.21. The molecule has 0 spiro atoms. The average Bonchev–Trinajstić information content (AvgIpc) is 2.28. The van der Waals surface area contributed by atoms with Gasteiger partial charge >= 0.3 is 0 Å². The molecule has 2 atom stereocenters. The van der Waals surface area contributed by atoms with Gasteiger partial charge in [-0.2, -0.15) is 0 Å². The Bertz CT molecular complexity index is 349. The van der Waals surface area contributed by atoms with E-state index in [1.54, 1.807) is 7.11 Å². The molecule has 0 heterocycles. The number of hydrogen-bond donors (Lipinski definition) is 1. The van der Waals surface area contributed by atoms with E-state index in [1.807, 2.05) is 0 Å². The predicted molar refractivity (Wildman–Crippen MR) is 73.4 cm³/mol. The molecule has 1 rings (SSSR count). The lowest BCUT2D eigenvalue weighted by Gasteiger charge is -2.23. The van der Waals surface area contributed by atoms with Crippen LogP contribution in [0, 0.1) is 13.8 Å². The Kier molecular flexibility index (Phi) is 5.66. The van der Waals surface area contributed by atoms with Crippen LogP contribution in [0.3, 0.4) is 0 Å². The number of methoxy groups -OCH3 is 1. The maximum Gasteiger partial charge on any atom is 0.0561 e. The Hall–Kier alpha value is -0.860. The first kappa shape index (κ1) is 14.2. The third-order valence-electron chi connectivity index (χ3n) is 3.22. The highest BCUT2D eigenvalue weighted by Crippen LogP contribution is 2.23. The lowest BCUT2D eigenvalue weighted by Crippen LogP contribution is -2.25. The van der Waals surface area contributed by atoms with E-state index in [9.17, 15) is 0 Å². The van der Waals surface area contributed by atoms with E-state index >= 15 is 0 Å². The van der Waals surface area contributed by atoms with Crippen molar-refractivity contribution in [1.82, 2.24) is 5.32 Å². The highest BCUT2D eigenvalue weighted by Gasteiger charge is 2.15. The fraction of sp³-hybridized carbons (Fsp3) is 0.600. The molecule has 0 fully saturated rings. The van der Waals surface area contributed by atoms with Gasteiger partial charge in [0, 0.05) is 13.2 Å². The molecule has 1 N–H and O–H groups in total. The Labute approximate surface area is 105 Å². The summed E-state index contributed by atoms with van der Waals surface area (Å²) < 4.78 is 5.37. The molecule has 1 aromatic carbocycles. The number of nitrogens with one attached hydrogen (secondary N) is 1. The summed E-state index contributed by atoms with van der Waals surface area (Å²) in [6, 6.07) is 7.05. The van der Waals surface area contributed by atoms with Crippen molar-refractivity contribution < 1.29 is 4.74 Å². The summed E-state index contributed by atoms with van der Waals surface area (Å²) in [5.41, 5.74) is 4.07. The molecule has 2 heteroatoms. The molecule has 0 radical (unpaired) electrons. The van der Waals surface area contributed by atoms with Gasteiger partial charge in [0.2, 0.25) is 0 Å². The second-order valence-corrected chi connectivity index (χ2v) is 4.75. The van der Waals surface area contributed by atoms with Crippen molar-refractivity contribution in [2.75, 3.05) is 13.7 Å². The molecule has 0 bridgehead atoms. The average molecular weight is 235 g/mol. The van der Waals surface area contributed by atoms with Crippen LogP contribution >= 0.6 is 0 Å². The molecular formula is C15H25NO. The van der Waals surface area contributed by atoms with Gasteiger partial charge in [0.15, 0.2) is 0 Å². The van der Waals surface area contributed by atoms with Crippen LogP contribution in [0.5, 0.6) is 0 Å². The van der Waals surface area contributed by atoms with Crippen molar-refractivity contribution in [3.8, 4) is 0 Å². The topological polar surface area (TPSA) is 21.3 Å². The minimum atomic E-state index is 0.278. The van der Waals surface area contributed by atoms with Crippen LogP contribution < -0.4 is 5.32 Å². The number of ether oxygens (including phenoxy) is 1. The molecule has 0 aliphatic rings. The maximum absolute atomic E-state index is 5.37. The number of rotatable bonds is 6. The number of aryl methyl sites for hydroxylation is 2. The summed E-state index contributed by atoms with van der Waals surface area (Å²) >= 11 is 0. The first-order valence-corrected chi connectivity index (χ1v) is 6.41. The zero-order chi connectivity index (χ0) is 12.8. The minimum absolute atomic E-state index is 0.278. The third-order valence-corrected chi connectivity index (χ3v) is 3.22. The summed E-state index contributed by atoms with van der Waals surface area (Å²) in [5.74, 6) is 0. The van der Waals surface area contributed by atoms with Crippen molar-refractivity contribution in [2.24, 2.45) is 0 Å². The van der Waals surface area contributed by atoms with E-state index in [4.69, 9.17) is 4.74 Å². The summed E-state index contributed by atoms with van der Waals surface area (Å²) in [6.45, 7) is 9.57.